The first-order chi connectivity index (χ1) is 15.8. The number of imidazole rings is 1. The van der Waals surface area contributed by atoms with Gasteiger partial charge in [0.1, 0.15) is 16.8 Å². The van der Waals surface area contributed by atoms with Crippen LogP contribution >= 0.6 is 0 Å². The molecule has 1 aliphatic rings. The van der Waals surface area contributed by atoms with Gasteiger partial charge in [-0.2, -0.15) is 4.72 Å². The number of carbonyl (C=O) groups excluding carboxylic acids is 1. The van der Waals surface area contributed by atoms with E-state index in [-0.39, 0.29) is 11.8 Å². The Morgan fingerprint density at radius 3 is 2.52 bits per heavy atom. The van der Waals surface area contributed by atoms with Crippen LogP contribution in [0.2, 0.25) is 0 Å². The number of H-pyrrole nitrogens is 1. The number of hydrogen-bond donors (Lipinski definition) is 2. The molecule has 0 radical (unpaired) electrons. The Bertz CT molecular complexity index is 1210. The predicted molar refractivity (Wildman–Crippen MR) is 125 cm³/mol. The monoisotopic (exact) mass is 473 g/mol. The highest BCUT2D eigenvalue weighted by Gasteiger charge is 2.33. The maximum Gasteiger partial charge on any atom is 0.244 e. The largest absolute Gasteiger partial charge is 0.341 e. The molecule has 1 fully saturated rings. The summed E-state index contributed by atoms with van der Waals surface area (Å²) < 4.78 is 42.1. The molecule has 8 nitrogen and oxygen atoms in total. The van der Waals surface area contributed by atoms with E-state index in [1.807, 2.05) is 24.3 Å². The topological polar surface area (TPSA) is 98.4 Å². The van der Waals surface area contributed by atoms with Crippen molar-refractivity contribution in [2.75, 3.05) is 31.1 Å². The molecule has 3 aromatic rings. The summed E-state index contributed by atoms with van der Waals surface area (Å²) in [4.78, 5) is 24.6. The molecular weight excluding hydrogens is 445 g/mol. The lowest BCUT2D eigenvalue weighted by Crippen LogP contribution is -2.52. The lowest BCUT2D eigenvalue weighted by Gasteiger charge is -2.29. The fourth-order valence-electron chi connectivity index (χ4n) is 4.00. The molecule has 2 aromatic carbocycles. The summed E-state index contributed by atoms with van der Waals surface area (Å²) in [7, 11) is -4.19. The molecule has 0 spiro atoms. The molecule has 0 aliphatic carbocycles. The van der Waals surface area contributed by atoms with Crippen molar-refractivity contribution in [3.63, 3.8) is 0 Å². The molecule has 1 aliphatic heterocycles. The van der Waals surface area contributed by atoms with Gasteiger partial charge in [0.25, 0.3) is 0 Å². The van der Waals surface area contributed by atoms with Gasteiger partial charge in [-0.3, -0.25) is 4.79 Å². The van der Waals surface area contributed by atoms with Crippen LogP contribution in [0.15, 0.2) is 53.4 Å². The number of rotatable bonds is 6. The van der Waals surface area contributed by atoms with E-state index in [9.17, 15) is 17.6 Å². The Kier molecular flexibility index (Phi) is 6.66. The van der Waals surface area contributed by atoms with Crippen molar-refractivity contribution < 1.29 is 17.6 Å². The molecule has 176 valence electrons. The maximum absolute atomic E-state index is 14.1. The van der Waals surface area contributed by atoms with Crippen molar-refractivity contribution in [3.8, 4) is 0 Å². The number of anilines is 1. The highest BCUT2D eigenvalue weighted by Crippen LogP contribution is 2.20. The lowest BCUT2D eigenvalue weighted by atomic mass is 10.0. The van der Waals surface area contributed by atoms with Crippen LogP contribution in [0.25, 0.3) is 11.0 Å². The fraction of sp³-hybridized carbons (Fsp3) is 0.391. The molecule has 1 amide bonds. The first-order valence-electron chi connectivity index (χ1n) is 11.0. The second-order valence-corrected chi connectivity index (χ2v) is 10.2. The van der Waals surface area contributed by atoms with Gasteiger partial charge in [-0.05, 0) is 36.6 Å². The summed E-state index contributed by atoms with van der Waals surface area (Å²) in [5.41, 5.74) is 1.83. The average Bonchev–Trinajstić information content (AvgIpc) is 3.06. The summed E-state index contributed by atoms with van der Waals surface area (Å²) in [6, 6.07) is 11.9. The van der Waals surface area contributed by atoms with Crippen LogP contribution in [-0.4, -0.2) is 61.4 Å². The summed E-state index contributed by atoms with van der Waals surface area (Å²) >= 11 is 0. The molecule has 10 heteroatoms. The molecule has 0 saturated carbocycles. The van der Waals surface area contributed by atoms with E-state index >= 15 is 0 Å². The van der Waals surface area contributed by atoms with Crippen molar-refractivity contribution in [1.29, 1.82) is 0 Å². The first kappa shape index (κ1) is 23.2. The fourth-order valence-corrected chi connectivity index (χ4v) is 5.42. The quantitative estimate of drug-likeness (QED) is 0.574. The normalized spacial score (nSPS) is 16.2. The van der Waals surface area contributed by atoms with Crippen LogP contribution < -0.4 is 9.62 Å². The minimum absolute atomic E-state index is 0.309. The van der Waals surface area contributed by atoms with Gasteiger partial charge in [0.05, 0.1) is 11.0 Å². The van der Waals surface area contributed by atoms with Crippen LogP contribution in [0.5, 0.6) is 0 Å². The zero-order chi connectivity index (χ0) is 23.6. The van der Waals surface area contributed by atoms with E-state index in [2.05, 4.69) is 19.6 Å². The number of hydrogen-bond acceptors (Lipinski definition) is 5. The summed E-state index contributed by atoms with van der Waals surface area (Å²) in [5, 5.41) is 0. The molecule has 0 unspecified atom stereocenters. The van der Waals surface area contributed by atoms with Gasteiger partial charge in [0.2, 0.25) is 21.9 Å². The highest BCUT2D eigenvalue weighted by molar-refractivity contribution is 7.89. The zero-order valence-electron chi connectivity index (χ0n) is 18.7. The minimum Gasteiger partial charge on any atom is -0.341 e. The molecular formula is C23H28FN5O3S. The van der Waals surface area contributed by atoms with Crippen molar-refractivity contribution >= 4 is 32.9 Å². The van der Waals surface area contributed by atoms with Crippen LogP contribution in [-0.2, 0) is 14.8 Å². The second-order valence-electron chi connectivity index (χ2n) is 8.52. The predicted octanol–water partition coefficient (Wildman–Crippen LogP) is 2.74. The molecule has 0 bridgehead atoms. The van der Waals surface area contributed by atoms with Crippen molar-refractivity contribution in [1.82, 2.24) is 19.6 Å². The Balaban J connectivity index is 1.48. The van der Waals surface area contributed by atoms with Crippen molar-refractivity contribution in [2.45, 2.75) is 31.2 Å². The van der Waals surface area contributed by atoms with Crippen LogP contribution in [0.1, 0.15) is 20.3 Å². The second kappa shape index (κ2) is 9.48. The number of sulfonamides is 1. The molecule has 1 atom stereocenters. The number of para-hydroxylation sites is 2. The third kappa shape index (κ3) is 5.01. The lowest BCUT2D eigenvalue weighted by molar-refractivity contribution is -0.133. The number of aromatic nitrogens is 2. The van der Waals surface area contributed by atoms with Crippen molar-refractivity contribution in [3.05, 3.63) is 54.3 Å². The van der Waals surface area contributed by atoms with E-state index in [1.165, 1.54) is 18.2 Å². The third-order valence-electron chi connectivity index (χ3n) is 5.82. The first-order valence-corrected chi connectivity index (χ1v) is 12.5. The van der Waals surface area contributed by atoms with Crippen LogP contribution in [0.3, 0.4) is 0 Å². The van der Waals surface area contributed by atoms with Gasteiger partial charge in [-0.15, -0.1) is 0 Å². The molecule has 1 aromatic heterocycles. The van der Waals surface area contributed by atoms with Crippen LogP contribution in [0, 0.1) is 11.7 Å². The number of halogens is 1. The van der Waals surface area contributed by atoms with Gasteiger partial charge >= 0.3 is 0 Å². The van der Waals surface area contributed by atoms with E-state index < -0.39 is 26.8 Å². The Hall–Kier alpha value is -2.98. The van der Waals surface area contributed by atoms with Gasteiger partial charge in [-0.25, -0.2) is 17.8 Å². The number of fused-ring (bicyclic) bond motifs is 1. The van der Waals surface area contributed by atoms with Crippen molar-refractivity contribution in [2.24, 2.45) is 5.92 Å². The summed E-state index contributed by atoms with van der Waals surface area (Å²) in [6.07, 6.45) is 0.716. The number of amides is 1. The molecule has 2 heterocycles. The van der Waals surface area contributed by atoms with E-state index in [1.54, 1.807) is 18.7 Å². The van der Waals surface area contributed by atoms with Gasteiger partial charge < -0.3 is 14.8 Å². The number of aromatic amines is 1. The SMILES string of the molecule is CC(C)[C@H](NS(=O)(=O)c1ccccc1F)C(=O)N1CCCN(c2nc3ccccc3[nH]2)CC1. The number of benzene rings is 2. The number of carbonyl (C=O) groups is 1. The summed E-state index contributed by atoms with van der Waals surface area (Å²) in [6.45, 7) is 5.75. The molecule has 33 heavy (non-hydrogen) atoms. The van der Waals surface area contributed by atoms with E-state index in [0.29, 0.717) is 26.1 Å². The third-order valence-corrected chi connectivity index (χ3v) is 7.30. The summed E-state index contributed by atoms with van der Waals surface area (Å²) in [5.74, 6) is -0.715. The standard InChI is InChI=1S/C23H28FN5O3S/c1-16(2)21(27-33(31,32)20-11-6-3-8-17(20)24)22(30)28-12-7-13-29(15-14-28)23-25-18-9-4-5-10-19(18)26-23/h3-6,8-11,16,21,27H,7,12-15H2,1-2H3,(H,25,26)/t21-/m0/s1. The minimum atomic E-state index is -4.19. The smallest absolute Gasteiger partial charge is 0.244 e. The van der Waals surface area contributed by atoms with Gasteiger partial charge in [0.15, 0.2) is 0 Å². The van der Waals surface area contributed by atoms with Gasteiger partial charge in [-0.1, -0.05) is 38.1 Å². The van der Waals surface area contributed by atoms with E-state index in [0.717, 1.165) is 29.6 Å². The van der Waals surface area contributed by atoms with E-state index in [4.69, 9.17) is 0 Å². The Morgan fingerprint density at radius 2 is 1.79 bits per heavy atom. The molecule has 4 rings (SSSR count). The molecule has 1 saturated heterocycles. The maximum atomic E-state index is 14.1. The van der Waals surface area contributed by atoms with Gasteiger partial charge in [0, 0.05) is 26.2 Å². The zero-order valence-corrected chi connectivity index (χ0v) is 19.5. The Labute approximate surface area is 192 Å². The Morgan fingerprint density at radius 1 is 1.06 bits per heavy atom. The van der Waals surface area contributed by atoms with Crippen LogP contribution in [0.4, 0.5) is 10.3 Å². The number of nitrogens with one attached hydrogen (secondary N) is 2. The highest BCUT2D eigenvalue weighted by atomic mass is 32.2. The molecule has 2 N–H and O–H groups in total. The number of nitrogens with zero attached hydrogens (tertiary/aromatic N) is 3. The average molecular weight is 474 g/mol.